The molecule has 0 saturated carbocycles. The summed E-state index contributed by atoms with van der Waals surface area (Å²) >= 11 is 0. The fourth-order valence-electron chi connectivity index (χ4n) is 2.17. The topological polar surface area (TPSA) is 38.5 Å². The maximum Gasteiger partial charge on any atom is 0.122 e. The first-order valence-corrected chi connectivity index (χ1v) is 6.71. The molecule has 1 aliphatic rings. The third kappa shape index (κ3) is 3.39. The van der Waals surface area contributed by atoms with Crippen molar-refractivity contribution in [2.45, 2.75) is 38.6 Å². The Balaban J connectivity index is 2.04. The van der Waals surface area contributed by atoms with Crippen molar-refractivity contribution in [2.75, 3.05) is 25.1 Å². The van der Waals surface area contributed by atoms with Crippen LogP contribution < -0.4 is 15.4 Å². The molecule has 0 aromatic heterocycles. The number of hydrogen-bond acceptors (Lipinski definition) is 3. The Morgan fingerprint density at radius 3 is 2.89 bits per heavy atom. The van der Waals surface area contributed by atoms with E-state index in [4.69, 9.17) is 10.5 Å². The van der Waals surface area contributed by atoms with E-state index in [1.165, 1.54) is 11.3 Å². The van der Waals surface area contributed by atoms with Crippen molar-refractivity contribution in [1.29, 1.82) is 0 Å². The Labute approximate surface area is 110 Å². The number of fused-ring (bicyclic) bond motifs is 1. The molecular formula is C15H24N2O. The first-order valence-electron chi connectivity index (χ1n) is 6.71. The monoisotopic (exact) mass is 248 g/mol. The minimum atomic E-state index is -0.106. The van der Waals surface area contributed by atoms with Crippen LogP contribution in [0, 0.1) is 0 Å². The third-order valence-corrected chi connectivity index (χ3v) is 3.42. The molecule has 0 saturated heterocycles. The van der Waals surface area contributed by atoms with E-state index < -0.39 is 0 Å². The number of nitrogens with zero attached hydrogens (tertiary/aromatic N) is 1. The van der Waals surface area contributed by atoms with Gasteiger partial charge in [-0.15, -0.1) is 0 Å². The normalized spacial score (nSPS) is 14.9. The molecule has 0 fully saturated rings. The summed E-state index contributed by atoms with van der Waals surface area (Å²) in [4.78, 5) is 2.27. The fourth-order valence-corrected chi connectivity index (χ4v) is 2.17. The van der Waals surface area contributed by atoms with Crippen molar-refractivity contribution in [2.24, 2.45) is 5.73 Å². The number of ether oxygens (including phenoxy) is 1. The molecule has 1 aliphatic heterocycles. The zero-order valence-electron chi connectivity index (χ0n) is 11.7. The second kappa shape index (κ2) is 5.19. The Bertz CT molecular complexity index is 409. The van der Waals surface area contributed by atoms with Crippen LogP contribution >= 0.6 is 0 Å². The summed E-state index contributed by atoms with van der Waals surface area (Å²) in [6.07, 6.45) is 3.23. The molecule has 0 bridgehead atoms. The van der Waals surface area contributed by atoms with Gasteiger partial charge >= 0.3 is 0 Å². The number of benzene rings is 1. The Kier molecular flexibility index (Phi) is 3.81. The van der Waals surface area contributed by atoms with E-state index in [1.54, 1.807) is 0 Å². The number of aryl methyl sites for hydroxylation is 1. The van der Waals surface area contributed by atoms with Gasteiger partial charge in [0.2, 0.25) is 0 Å². The molecule has 100 valence electrons. The fraction of sp³-hybridized carbons (Fsp3) is 0.600. The van der Waals surface area contributed by atoms with Gasteiger partial charge in [-0.25, -0.2) is 0 Å². The minimum Gasteiger partial charge on any atom is -0.493 e. The zero-order chi connectivity index (χ0) is 13.2. The van der Waals surface area contributed by atoms with Gasteiger partial charge < -0.3 is 15.4 Å². The average Bonchev–Trinajstić information content (AvgIpc) is 2.34. The van der Waals surface area contributed by atoms with E-state index in [-0.39, 0.29) is 5.54 Å². The van der Waals surface area contributed by atoms with Crippen LogP contribution in [0.4, 0.5) is 5.69 Å². The minimum absolute atomic E-state index is 0.106. The summed E-state index contributed by atoms with van der Waals surface area (Å²) in [5.41, 5.74) is 8.50. The smallest absolute Gasteiger partial charge is 0.122 e. The third-order valence-electron chi connectivity index (χ3n) is 3.42. The van der Waals surface area contributed by atoms with E-state index >= 15 is 0 Å². The largest absolute Gasteiger partial charge is 0.493 e. The Hall–Kier alpha value is -1.22. The van der Waals surface area contributed by atoms with Gasteiger partial charge in [-0.2, -0.15) is 0 Å². The van der Waals surface area contributed by atoms with Crippen LogP contribution in [-0.2, 0) is 6.42 Å². The van der Waals surface area contributed by atoms with Crippen molar-refractivity contribution in [1.82, 2.24) is 0 Å². The van der Waals surface area contributed by atoms with Gasteiger partial charge in [0.15, 0.2) is 0 Å². The van der Waals surface area contributed by atoms with Crippen LogP contribution in [0.5, 0.6) is 5.75 Å². The van der Waals surface area contributed by atoms with Crippen molar-refractivity contribution in [3.05, 3.63) is 23.8 Å². The highest BCUT2D eigenvalue weighted by Gasteiger charge is 2.14. The SMILES string of the molecule is CN(CCC(C)(C)N)c1ccc2c(c1)CCCO2. The van der Waals surface area contributed by atoms with Crippen molar-refractivity contribution in [3.63, 3.8) is 0 Å². The summed E-state index contributed by atoms with van der Waals surface area (Å²) < 4.78 is 5.63. The van der Waals surface area contributed by atoms with Crippen LogP contribution in [0.25, 0.3) is 0 Å². The second-order valence-electron chi connectivity index (χ2n) is 5.90. The molecule has 18 heavy (non-hydrogen) atoms. The van der Waals surface area contributed by atoms with Gasteiger partial charge in [-0.05, 0) is 56.9 Å². The summed E-state index contributed by atoms with van der Waals surface area (Å²) in [5.74, 6) is 1.05. The first-order chi connectivity index (χ1) is 8.46. The van der Waals surface area contributed by atoms with E-state index in [0.29, 0.717) is 0 Å². The molecule has 0 spiro atoms. The molecule has 0 radical (unpaired) electrons. The molecule has 0 aliphatic carbocycles. The van der Waals surface area contributed by atoms with Crippen LogP contribution in [0.15, 0.2) is 18.2 Å². The van der Waals surface area contributed by atoms with Gasteiger partial charge in [0.05, 0.1) is 6.61 Å². The van der Waals surface area contributed by atoms with Gasteiger partial charge in [0, 0.05) is 24.8 Å². The summed E-state index contributed by atoms with van der Waals surface area (Å²) in [7, 11) is 2.12. The maximum absolute atomic E-state index is 6.03. The quantitative estimate of drug-likeness (QED) is 0.890. The van der Waals surface area contributed by atoms with Crippen LogP contribution in [0.3, 0.4) is 0 Å². The lowest BCUT2D eigenvalue weighted by Gasteiger charge is -2.26. The summed E-state index contributed by atoms with van der Waals surface area (Å²) in [6, 6.07) is 6.47. The maximum atomic E-state index is 6.03. The zero-order valence-corrected chi connectivity index (χ0v) is 11.7. The van der Waals surface area contributed by atoms with Gasteiger partial charge in [0.25, 0.3) is 0 Å². The van der Waals surface area contributed by atoms with Gasteiger partial charge in [-0.3, -0.25) is 0 Å². The molecule has 3 nitrogen and oxygen atoms in total. The van der Waals surface area contributed by atoms with Crippen LogP contribution in [0.1, 0.15) is 32.3 Å². The molecular weight excluding hydrogens is 224 g/mol. The first kappa shape index (κ1) is 13.2. The number of anilines is 1. The predicted octanol–water partition coefficient (Wildman–Crippen LogP) is 2.58. The van der Waals surface area contributed by atoms with Crippen molar-refractivity contribution >= 4 is 5.69 Å². The van der Waals surface area contributed by atoms with E-state index in [1.807, 2.05) is 0 Å². The Morgan fingerprint density at radius 1 is 1.39 bits per heavy atom. The van der Waals surface area contributed by atoms with Crippen molar-refractivity contribution < 1.29 is 4.74 Å². The number of rotatable bonds is 4. The standard InChI is InChI=1S/C15H24N2O/c1-15(2,16)8-9-17(3)13-6-7-14-12(11-13)5-4-10-18-14/h6-7,11H,4-5,8-10,16H2,1-3H3. The molecule has 1 aromatic carbocycles. The molecule has 1 aromatic rings. The van der Waals surface area contributed by atoms with E-state index in [2.05, 4.69) is 44.0 Å². The van der Waals surface area contributed by atoms with Crippen molar-refractivity contribution in [3.8, 4) is 5.75 Å². The number of nitrogens with two attached hydrogens (primary N) is 1. The van der Waals surface area contributed by atoms with Crippen LogP contribution in [-0.4, -0.2) is 25.7 Å². The summed E-state index contributed by atoms with van der Waals surface area (Å²) in [6.45, 7) is 5.97. The summed E-state index contributed by atoms with van der Waals surface area (Å²) in [5, 5.41) is 0. The lowest BCUT2D eigenvalue weighted by Crippen LogP contribution is -2.36. The lowest BCUT2D eigenvalue weighted by molar-refractivity contribution is 0.288. The molecule has 2 N–H and O–H groups in total. The molecule has 0 amide bonds. The van der Waals surface area contributed by atoms with E-state index in [0.717, 1.165) is 38.2 Å². The lowest BCUT2D eigenvalue weighted by atomic mass is 10.0. The average molecular weight is 248 g/mol. The van der Waals surface area contributed by atoms with Gasteiger partial charge in [0.1, 0.15) is 5.75 Å². The van der Waals surface area contributed by atoms with Crippen LogP contribution in [0.2, 0.25) is 0 Å². The molecule has 2 rings (SSSR count). The van der Waals surface area contributed by atoms with E-state index in [9.17, 15) is 0 Å². The highest BCUT2D eigenvalue weighted by Crippen LogP contribution is 2.29. The van der Waals surface area contributed by atoms with Gasteiger partial charge in [-0.1, -0.05) is 0 Å². The highest BCUT2D eigenvalue weighted by atomic mass is 16.5. The Morgan fingerprint density at radius 2 is 2.17 bits per heavy atom. The second-order valence-corrected chi connectivity index (χ2v) is 5.90. The number of hydrogen-bond donors (Lipinski definition) is 1. The molecule has 0 atom stereocenters. The molecule has 3 heteroatoms. The predicted molar refractivity (Wildman–Crippen MR) is 76.4 cm³/mol. The highest BCUT2D eigenvalue weighted by molar-refractivity contribution is 5.53. The molecule has 0 unspecified atom stereocenters. The molecule has 1 heterocycles.